The first-order valence-corrected chi connectivity index (χ1v) is 7.27. The van der Waals surface area contributed by atoms with Gasteiger partial charge < -0.3 is 9.73 Å². The van der Waals surface area contributed by atoms with Crippen LogP contribution in [0.2, 0.25) is 0 Å². The zero-order valence-electron chi connectivity index (χ0n) is 11.9. The maximum atomic E-state index is 11.9. The quantitative estimate of drug-likeness (QED) is 0.751. The number of rotatable bonds is 4. The van der Waals surface area contributed by atoms with Crippen LogP contribution in [0.3, 0.4) is 0 Å². The Morgan fingerprint density at radius 2 is 2.05 bits per heavy atom. The van der Waals surface area contributed by atoms with Crippen molar-refractivity contribution in [3.8, 4) is 0 Å². The van der Waals surface area contributed by atoms with Gasteiger partial charge in [-0.15, -0.1) is 0 Å². The molecule has 0 atom stereocenters. The van der Waals surface area contributed by atoms with Crippen molar-refractivity contribution in [2.75, 3.05) is 45.8 Å². The van der Waals surface area contributed by atoms with Gasteiger partial charge in [-0.25, -0.2) is 0 Å². The molecule has 0 radical (unpaired) electrons. The van der Waals surface area contributed by atoms with E-state index in [1.807, 2.05) is 0 Å². The summed E-state index contributed by atoms with van der Waals surface area (Å²) >= 11 is 0. The average Bonchev–Trinajstić information content (AvgIpc) is 2.93. The minimum atomic E-state index is -0.482. The molecule has 2 saturated heterocycles. The number of amides is 2. The monoisotopic (exact) mass is 292 g/mol. The van der Waals surface area contributed by atoms with Crippen LogP contribution in [0.5, 0.6) is 0 Å². The molecule has 2 fully saturated rings. The number of carbonyl (C=O) groups is 2. The van der Waals surface area contributed by atoms with Gasteiger partial charge >= 0.3 is 0 Å². The number of furan rings is 1. The Kier molecular flexibility index (Phi) is 4.33. The zero-order valence-corrected chi connectivity index (χ0v) is 11.9. The zero-order chi connectivity index (χ0) is 14.7. The van der Waals surface area contributed by atoms with Crippen molar-refractivity contribution in [3.05, 3.63) is 24.2 Å². The van der Waals surface area contributed by atoms with Crippen molar-refractivity contribution in [1.29, 1.82) is 0 Å². The SMILES string of the molecule is O=C(CN1CCN(C2CNC2)CC1)NC(=O)c1ccco1. The van der Waals surface area contributed by atoms with Gasteiger partial charge in [0.15, 0.2) is 5.76 Å². The van der Waals surface area contributed by atoms with Gasteiger partial charge in [0.05, 0.1) is 12.8 Å². The Morgan fingerprint density at radius 1 is 1.29 bits per heavy atom. The number of hydrogen-bond donors (Lipinski definition) is 2. The number of carbonyl (C=O) groups excluding carboxylic acids is 2. The second-order valence-electron chi connectivity index (χ2n) is 5.48. The Balaban J connectivity index is 1.40. The second kappa shape index (κ2) is 6.38. The van der Waals surface area contributed by atoms with Crippen LogP contribution in [-0.4, -0.2) is 73.5 Å². The minimum absolute atomic E-state index is 0.158. The molecule has 7 nitrogen and oxygen atoms in total. The molecule has 0 aliphatic carbocycles. The normalized spacial score (nSPS) is 21.0. The molecule has 1 aromatic heterocycles. The molecular formula is C14H20N4O3. The molecular weight excluding hydrogens is 272 g/mol. The molecule has 114 valence electrons. The highest BCUT2D eigenvalue weighted by molar-refractivity contribution is 6.03. The molecule has 2 N–H and O–H groups in total. The lowest BCUT2D eigenvalue weighted by molar-refractivity contribution is -0.121. The molecule has 0 spiro atoms. The molecule has 7 heteroatoms. The van der Waals surface area contributed by atoms with E-state index >= 15 is 0 Å². The molecule has 1 aromatic rings. The molecule has 3 rings (SSSR count). The number of piperazine rings is 1. The van der Waals surface area contributed by atoms with E-state index < -0.39 is 5.91 Å². The largest absolute Gasteiger partial charge is 0.459 e. The highest BCUT2D eigenvalue weighted by Crippen LogP contribution is 2.09. The highest BCUT2D eigenvalue weighted by atomic mass is 16.3. The second-order valence-corrected chi connectivity index (χ2v) is 5.48. The summed E-state index contributed by atoms with van der Waals surface area (Å²) in [6.07, 6.45) is 1.41. The van der Waals surface area contributed by atoms with Gasteiger partial charge in [-0.3, -0.25) is 24.7 Å². The van der Waals surface area contributed by atoms with Gasteiger partial charge in [-0.2, -0.15) is 0 Å². The standard InChI is InChI=1S/C14H20N4O3/c19-13(16-14(20)12-2-1-7-21-12)10-17-3-5-18(6-4-17)11-8-15-9-11/h1-2,7,11,15H,3-6,8-10H2,(H,16,19,20). The molecule has 21 heavy (non-hydrogen) atoms. The van der Waals surface area contributed by atoms with E-state index in [4.69, 9.17) is 4.42 Å². The van der Waals surface area contributed by atoms with Crippen molar-refractivity contribution < 1.29 is 14.0 Å². The maximum Gasteiger partial charge on any atom is 0.293 e. The van der Waals surface area contributed by atoms with E-state index in [0.717, 1.165) is 39.3 Å². The fraction of sp³-hybridized carbons (Fsp3) is 0.571. The van der Waals surface area contributed by atoms with Crippen molar-refractivity contribution in [3.63, 3.8) is 0 Å². The molecule has 2 aliphatic heterocycles. The first-order valence-electron chi connectivity index (χ1n) is 7.27. The van der Waals surface area contributed by atoms with Gasteiger partial charge in [0.2, 0.25) is 5.91 Å². The Hall–Kier alpha value is -1.70. The van der Waals surface area contributed by atoms with Gasteiger partial charge in [-0.05, 0) is 12.1 Å². The summed E-state index contributed by atoms with van der Waals surface area (Å²) < 4.78 is 4.95. The molecule has 0 bridgehead atoms. The summed E-state index contributed by atoms with van der Waals surface area (Å²) in [6.45, 7) is 6.06. The van der Waals surface area contributed by atoms with Crippen LogP contribution in [-0.2, 0) is 4.79 Å². The van der Waals surface area contributed by atoms with Crippen LogP contribution in [0.4, 0.5) is 0 Å². The average molecular weight is 292 g/mol. The van der Waals surface area contributed by atoms with E-state index in [9.17, 15) is 9.59 Å². The lowest BCUT2D eigenvalue weighted by Gasteiger charge is -2.43. The lowest BCUT2D eigenvalue weighted by atomic mass is 10.1. The third kappa shape index (κ3) is 3.49. The summed E-state index contributed by atoms with van der Waals surface area (Å²) in [5.41, 5.74) is 0. The van der Waals surface area contributed by atoms with Crippen LogP contribution >= 0.6 is 0 Å². The van der Waals surface area contributed by atoms with Crippen molar-refractivity contribution in [2.45, 2.75) is 6.04 Å². The number of imide groups is 1. The van der Waals surface area contributed by atoms with E-state index in [1.54, 1.807) is 6.07 Å². The fourth-order valence-electron chi connectivity index (χ4n) is 2.66. The van der Waals surface area contributed by atoms with E-state index in [1.165, 1.54) is 12.3 Å². The van der Waals surface area contributed by atoms with Gasteiger partial charge in [0, 0.05) is 45.3 Å². The topological polar surface area (TPSA) is 77.8 Å². The molecule has 0 unspecified atom stereocenters. The summed E-state index contributed by atoms with van der Waals surface area (Å²) in [6, 6.07) is 3.81. The van der Waals surface area contributed by atoms with Gasteiger partial charge in [-0.1, -0.05) is 0 Å². The molecule has 3 heterocycles. The molecule has 0 aromatic carbocycles. The van der Waals surface area contributed by atoms with Crippen LogP contribution in [0.1, 0.15) is 10.6 Å². The van der Waals surface area contributed by atoms with Crippen LogP contribution in [0.15, 0.2) is 22.8 Å². The predicted molar refractivity (Wildman–Crippen MR) is 75.9 cm³/mol. The Bertz CT molecular complexity index is 490. The van der Waals surface area contributed by atoms with Crippen molar-refractivity contribution in [1.82, 2.24) is 20.4 Å². The minimum Gasteiger partial charge on any atom is -0.459 e. The van der Waals surface area contributed by atoms with Crippen molar-refractivity contribution in [2.24, 2.45) is 0 Å². The summed E-state index contributed by atoms with van der Waals surface area (Å²) in [5.74, 6) is -0.606. The smallest absolute Gasteiger partial charge is 0.293 e. The Morgan fingerprint density at radius 3 is 2.62 bits per heavy atom. The molecule has 2 aliphatic rings. The first-order chi connectivity index (χ1) is 10.2. The maximum absolute atomic E-state index is 11.9. The summed E-state index contributed by atoms with van der Waals surface area (Å²) in [4.78, 5) is 28.1. The van der Waals surface area contributed by atoms with E-state index in [-0.39, 0.29) is 18.2 Å². The van der Waals surface area contributed by atoms with E-state index in [0.29, 0.717) is 6.04 Å². The third-order valence-electron chi connectivity index (χ3n) is 4.05. The first kappa shape index (κ1) is 14.2. The number of nitrogens with one attached hydrogen (secondary N) is 2. The third-order valence-corrected chi connectivity index (χ3v) is 4.05. The van der Waals surface area contributed by atoms with Crippen molar-refractivity contribution >= 4 is 11.8 Å². The predicted octanol–water partition coefficient (Wildman–Crippen LogP) is -0.875. The molecule has 2 amide bonds. The summed E-state index contributed by atoms with van der Waals surface area (Å²) in [5, 5.41) is 5.62. The van der Waals surface area contributed by atoms with Crippen LogP contribution < -0.4 is 10.6 Å². The van der Waals surface area contributed by atoms with Crippen LogP contribution in [0, 0.1) is 0 Å². The highest BCUT2D eigenvalue weighted by Gasteiger charge is 2.28. The Labute approximate surface area is 123 Å². The number of nitrogens with zero attached hydrogens (tertiary/aromatic N) is 2. The lowest BCUT2D eigenvalue weighted by Crippen LogP contribution is -2.62. The van der Waals surface area contributed by atoms with E-state index in [2.05, 4.69) is 20.4 Å². The fourth-order valence-corrected chi connectivity index (χ4v) is 2.66. The summed E-state index contributed by atoms with van der Waals surface area (Å²) in [7, 11) is 0. The molecule has 0 saturated carbocycles. The van der Waals surface area contributed by atoms with Gasteiger partial charge in [0.25, 0.3) is 5.91 Å². The van der Waals surface area contributed by atoms with Crippen LogP contribution in [0.25, 0.3) is 0 Å². The van der Waals surface area contributed by atoms with Gasteiger partial charge in [0.1, 0.15) is 0 Å². The number of hydrogen-bond acceptors (Lipinski definition) is 6.